The largest absolute Gasteiger partial charge is 0.449 e. The first-order valence-corrected chi connectivity index (χ1v) is 9.26. The zero-order valence-corrected chi connectivity index (χ0v) is 15.1. The number of thiophene rings is 1. The molecule has 0 saturated carbocycles. The average Bonchev–Trinajstić information content (AvgIpc) is 3.35. The second-order valence-electron chi connectivity index (χ2n) is 6.15. The fourth-order valence-electron chi connectivity index (χ4n) is 2.96. The van der Waals surface area contributed by atoms with Gasteiger partial charge >= 0.3 is 6.18 Å². The summed E-state index contributed by atoms with van der Waals surface area (Å²) in [6.07, 6.45) is -4.55. The van der Waals surface area contributed by atoms with Gasteiger partial charge in [-0.1, -0.05) is 42.5 Å². The van der Waals surface area contributed by atoms with Crippen LogP contribution in [-0.2, 0) is 6.18 Å². The number of alkyl halides is 3. The maximum Gasteiger partial charge on any atom is 0.449 e. The second-order valence-corrected chi connectivity index (χ2v) is 7.10. The summed E-state index contributed by atoms with van der Waals surface area (Å²) in [5, 5.41) is 4.78. The molecular weight excluding hydrogens is 387 g/mol. The molecular formula is C20H14F3N3OS. The average molecular weight is 401 g/mol. The van der Waals surface area contributed by atoms with Crippen LogP contribution in [0.25, 0.3) is 11.0 Å². The van der Waals surface area contributed by atoms with Gasteiger partial charge in [0.05, 0.1) is 22.0 Å². The van der Waals surface area contributed by atoms with Crippen LogP contribution in [-0.4, -0.2) is 15.9 Å². The molecule has 0 unspecified atom stereocenters. The lowest BCUT2D eigenvalue weighted by molar-refractivity contribution is -0.144. The van der Waals surface area contributed by atoms with Crippen molar-refractivity contribution >= 4 is 28.3 Å². The van der Waals surface area contributed by atoms with E-state index >= 15 is 0 Å². The second kappa shape index (κ2) is 7.12. The number of imidazole rings is 1. The summed E-state index contributed by atoms with van der Waals surface area (Å²) >= 11 is 1.32. The number of hydrogen-bond acceptors (Lipinski definition) is 3. The third kappa shape index (κ3) is 3.63. The maximum absolute atomic E-state index is 12.9. The van der Waals surface area contributed by atoms with Crippen LogP contribution in [0, 0.1) is 0 Å². The molecule has 0 radical (unpaired) electrons. The van der Waals surface area contributed by atoms with E-state index in [9.17, 15) is 18.0 Å². The Kier molecular flexibility index (Phi) is 4.64. The van der Waals surface area contributed by atoms with Gasteiger partial charge in [-0.3, -0.25) is 4.79 Å². The number of nitrogens with one attached hydrogen (secondary N) is 2. The number of fused-ring (bicyclic) bond motifs is 1. The van der Waals surface area contributed by atoms with Gasteiger partial charge in [0.25, 0.3) is 5.91 Å². The standard InChI is InChI=1S/C20H14F3N3OS/c21-20(22,23)19-24-14-9-8-13(11-15(14)25-19)17(12-5-2-1-3-6-12)26-18(27)16-7-4-10-28-16/h1-11,17H,(H,24,25)(H,26,27)/t17-/m0/s1. The molecule has 142 valence electrons. The molecule has 0 aliphatic heterocycles. The SMILES string of the molecule is O=C(N[C@@H](c1ccccc1)c1ccc2nc(C(F)(F)F)[nH]c2c1)c1cccs1. The van der Waals surface area contributed by atoms with Gasteiger partial charge in [0, 0.05) is 0 Å². The summed E-state index contributed by atoms with van der Waals surface area (Å²) in [7, 11) is 0. The van der Waals surface area contributed by atoms with Crippen molar-refractivity contribution in [1.29, 1.82) is 0 Å². The minimum atomic E-state index is -4.55. The summed E-state index contributed by atoms with van der Waals surface area (Å²) in [6.45, 7) is 0. The highest BCUT2D eigenvalue weighted by molar-refractivity contribution is 7.12. The van der Waals surface area contributed by atoms with Crippen molar-refractivity contribution in [2.75, 3.05) is 0 Å². The monoisotopic (exact) mass is 401 g/mol. The van der Waals surface area contributed by atoms with Crippen molar-refractivity contribution in [3.05, 3.63) is 87.9 Å². The number of nitrogens with zero attached hydrogens (tertiary/aromatic N) is 1. The van der Waals surface area contributed by atoms with Crippen LogP contribution in [0.3, 0.4) is 0 Å². The third-order valence-electron chi connectivity index (χ3n) is 4.26. The summed E-state index contributed by atoms with van der Waals surface area (Å²) < 4.78 is 38.8. The summed E-state index contributed by atoms with van der Waals surface area (Å²) in [5.41, 5.74) is 1.95. The summed E-state index contributed by atoms with van der Waals surface area (Å²) in [6, 6.07) is 17.0. The van der Waals surface area contributed by atoms with Gasteiger partial charge in [-0.2, -0.15) is 13.2 Å². The van der Waals surface area contributed by atoms with E-state index in [1.165, 1.54) is 17.4 Å². The Labute approximate surface area is 162 Å². The molecule has 1 amide bonds. The van der Waals surface area contributed by atoms with Crippen molar-refractivity contribution in [1.82, 2.24) is 15.3 Å². The van der Waals surface area contributed by atoms with E-state index < -0.39 is 18.0 Å². The predicted octanol–water partition coefficient (Wildman–Crippen LogP) is 5.16. The molecule has 28 heavy (non-hydrogen) atoms. The van der Waals surface area contributed by atoms with E-state index in [-0.39, 0.29) is 16.9 Å². The first kappa shape index (κ1) is 18.2. The number of carbonyl (C=O) groups is 1. The predicted molar refractivity (Wildman–Crippen MR) is 101 cm³/mol. The van der Waals surface area contributed by atoms with Crippen LogP contribution in [0.1, 0.15) is 32.7 Å². The zero-order valence-electron chi connectivity index (χ0n) is 14.3. The van der Waals surface area contributed by atoms with Gasteiger partial charge in [0.15, 0.2) is 0 Å². The van der Waals surface area contributed by atoms with Crippen molar-refractivity contribution in [3.63, 3.8) is 0 Å². The molecule has 0 aliphatic rings. The highest BCUT2D eigenvalue weighted by Gasteiger charge is 2.34. The molecule has 0 saturated heterocycles. The van der Waals surface area contributed by atoms with Crippen LogP contribution in [0.2, 0.25) is 0 Å². The van der Waals surface area contributed by atoms with Gasteiger partial charge in [0.1, 0.15) is 0 Å². The van der Waals surface area contributed by atoms with E-state index in [1.54, 1.807) is 24.3 Å². The van der Waals surface area contributed by atoms with Gasteiger partial charge in [0.2, 0.25) is 5.82 Å². The molecule has 0 spiro atoms. The van der Waals surface area contributed by atoms with Crippen LogP contribution in [0.5, 0.6) is 0 Å². The topological polar surface area (TPSA) is 57.8 Å². The molecule has 2 heterocycles. The smallest absolute Gasteiger partial charge is 0.340 e. The van der Waals surface area contributed by atoms with Crippen molar-refractivity contribution in [2.24, 2.45) is 0 Å². The number of rotatable bonds is 4. The quantitative estimate of drug-likeness (QED) is 0.496. The lowest BCUT2D eigenvalue weighted by atomic mass is 9.98. The van der Waals surface area contributed by atoms with Gasteiger partial charge < -0.3 is 10.3 Å². The fourth-order valence-corrected chi connectivity index (χ4v) is 3.58. The van der Waals surface area contributed by atoms with Gasteiger partial charge in [-0.15, -0.1) is 11.3 Å². The Morgan fingerprint density at radius 3 is 2.50 bits per heavy atom. The number of benzene rings is 2. The lowest BCUT2D eigenvalue weighted by Crippen LogP contribution is -2.28. The van der Waals surface area contributed by atoms with Crippen LogP contribution in [0.4, 0.5) is 13.2 Å². The molecule has 2 N–H and O–H groups in total. The van der Waals surface area contributed by atoms with E-state index in [2.05, 4.69) is 15.3 Å². The Bertz CT molecular complexity index is 1100. The lowest BCUT2D eigenvalue weighted by Gasteiger charge is -2.19. The molecule has 4 aromatic rings. The Morgan fingerprint density at radius 2 is 1.82 bits per heavy atom. The minimum Gasteiger partial charge on any atom is -0.340 e. The number of aromatic amines is 1. The van der Waals surface area contributed by atoms with Crippen molar-refractivity contribution in [2.45, 2.75) is 12.2 Å². The molecule has 2 aromatic carbocycles. The fraction of sp³-hybridized carbons (Fsp3) is 0.100. The van der Waals surface area contributed by atoms with E-state index in [4.69, 9.17) is 0 Å². The van der Waals surface area contributed by atoms with Gasteiger partial charge in [-0.25, -0.2) is 4.98 Å². The van der Waals surface area contributed by atoms with E-state index in [0.717, 1.165) is 5.56 Å². The summed E-state index contributed by atoms with van der Waals surface area (Å²) in [4.78, 5) is 19.1. The maximum atomic E-state index is 12.9. The highest BCUT2D eigenvalue weighted by atomic mass is 32.1. The summed E-state index contributed by atoms with van der Waals surface area (Å²) in [5.74, 6) is -1.29. The molecule has 1 atom stereocenters. The van der Waals surface area contributed by atoms with Gasteiger partial charge in [-0.05, 0) is 34.7 Å². The minimum absolute atomic E-state index is 0.215. The Morgan fingerprint density at radius 1 is 1.04 bits per heavy atom. The molecule has 2 aromatic heterocycles. The van der Waals surface area contributed by atoms with Crippen LogP contribution < -0.4 is 5.32 Å². The van der Waals surface area contributed by atoms with Crippen LogP contribution in [0.15, 0.2) is 66.0 Å². The number of amides is 1. The molecule has 4 rings (SSSR count). The number of halogens is 3. The normalized spacial score (nSPS) is 12.8. The first-order valence-electron chi connectivity index (χ1n) is 8.38. The Balaban J connectivity index is 1.74. The van der Waals surface area contributed by atoms with Crippen molar-refractivity contribution in [3.8, 4) is 0 Å². The number of H-pyrrole nitrogens is 1. The zero-order chi connectivity index (χ0) is 19.7. The van der Waals surface area contributed by atoms with Crippen LogP contribution >= 0.6 is 11.3 Å². The molecule has 0 bridgehead atoms. The molecule has 0 fully saturated rings. The molecule has 0 aliphatic carbocycles. The molecule has 8 heteroatoms. The highest BCUT2D eigenvalue weighted by Crippen LogP contribution is 2.30. The van der Waals surface area contributed by atoms with E-state index in [1.807, 2.05) is 35.7 Å². The van der Waals surface area contributed by atoms with E-state index in [0.29, 0.717) is 10.4 Å². The number of carbonyl (C=O) groups excluding carboxylic acids is 1. The Hall–Kier alpha value is -3.13. The third-order valence-corrected chi connectivity index (χ3v) is 5.13. The number of aromatic nitrogens is 2. The number of hydrogen-bond donors (Lipinski definition) is 2. The molecule has 4 nitrogen and oxygen atoms in total. The van der Waals surface area contributed by atoms with Crippen molar-refractivity contribution < 1.29 is 18.0 Å². The first-order chi connectivity index (χ1) is 13.4.